The second kappa shape index (κ2) is 8.68. The standard InChI is InChI=1S/C18H19FN2O4/c1-12(22)20-13-7-8-14(19)15(11-13)21-18(23)9-10-25-17-6-4-3-5-16(17)24-2/h3-8,11H,9-10H2,1-2H3,(H,20,22)(H,21,23). The van der Waals surface area contributed by atoms with Crippen LogP contribution in [0.25, 0.3) is 0 Å². The molecule has 0 aromatic heterocycles. The fraction of sp³-hybridized carbons (Fsp3) is 0.222. The number of hydrogen-bond acceptors (Lipinski definition) is 4. The maximum atomic E-state index is 13.8. The Morgan fingerprint density at radius 1 is 1.08 bits per heavy atom. The van der Waals surface area contributed by atoms with Gasteiger partial charge in [0.2, 0.25) is 11.8 Å². The van der Waals surface area contributed by atoms with E-state index >= 15 is 0 Å². The van der Waals surface area contributed by atoms with Crippen LogP contribution < -0.4 is 20.1 Å². The highest BCUT2D eigenvalue weighted by Gasteiger charge is 2.10. The summed E-state index contributed by atoms with van der Waals surface area (Å²) in [5.41, 5.74) is 0.392. The van der Waals surface area contributed by atoms with Crippen LogP contribution in [-0.4, -0.2) is 25.5 Å². The van der Waals surface area contributed by atoms with Gasteiger partial charge in [0.15, 0.2) is 11.5 Å². The molecule has 2 rings (SSSR count). The number of carbonyl (C=O) groups excluding carboxylic acids is 2. The van der Waals surface area contributed by atoms with Gasteiger partial charge >= 0.3 is 0 Å². The van der Waals surface area contributed by atoms with Gasteiger partial charge in [0.05, 0.1) is 25.8 Å². The van der Waals surface area contributed by atoms with E-state index in [1.807, 2.05) is 6.07 Å². The van der Waals surface area contributed by atoms with Crippen molar-refractivity contribution in [3.63, 3.8) is 0 Å². The Hall–Kier alpha value is -3.09. The van der Waals surface area contributed by atoms with E-state index in [0.29, 0.717) is 17.2 Å². The Labute approximate surface area is 144 Å². The molecule has 132 valence electrons. The molecular formula is C18H19FN2O4. The molecule has 2 aromatic rings. The first kappa shape index (κ1) is 18.3. The zero-order valence-electron chi connectivity index (χ0n) is 14.0. The van der Waals surface area contributed by atoms with Gasteiger partial charge in [-0.3, -0.25) is 9.59 Å². The van der Waals surface area contributed by atoms with E-state index in [1.54, 1.807) is 18.2 Å². The molecule has 0 radical (unpaired) electrons. The number of hydrogen-bond donors (Lipinski definition) is 2. The zero-order valence-corrected chi connectivity index (χ0v) is 14.0. The number of anilines is 2. The molecule has 0 unspecified atom stereocenters. The van der Waals surface area contributed by atoms with Gasteiger partial charge in [-0.25, -0.2) is 4.39 Å². The van der Waals surface area contributed by atoms with Gasteiger partial charge in [-0.05, 0) is 30.3 Å². The molecule has 0 fully saturated rings. The molecule has 0 heterocycles. The van der Waals surface area contributed by atoms with Crippen LogP contribution in [0.1, 0.15) is 13.3 Å². The van der Waals surface area contributed by atoms with Gasteiger partial charge in [0, 0.05) is 12.6 Å². The van der Waals surface area contributed by atoms with Crippen LogP contribution in [0.4, 0.5) is 15.8 Å². The molecule has 0 aliphatic carbocycles. The van der Waals surface area contributed by atoms with Crippen LogP contribution in [0.2, 0.25) is 0 Å². The summed E-state index contributed by atoms with van der Waals surface area (Å²) in [6, 6.07) is 11.0. The summed E-state index contributed by atoms with van der Waals surface area (Å²) in [4.78, 5) is 23.0. The first-order valence-corrected chi connectivity index (χ1v) is 7.62. The molecule has 6 nitrogen and oxygen atoms in total. The Bertz CT molecular complexity index is 764. The molecule has 0 aliphatic rings. The number of halogens is 1. The number of benzene rings is 2. The van der Waals surface area contributed by atoms with Crippen molar-refractivity contribution in [1.29, 1.82) is 0 Å². The SMILES string of the molecule is COc1ccccc1OCCC(=O)Nc1cc(NC(C)=O)ccc1F. The Morgan fingerprint density at radius 2 is 1.80 bits per heavy atom. The molecule has 0 saturated carbocycles. The number of ether oxygens (including phenoxy) is 2. The van der Waals surface area contributed by atoms with Gasteiger partial charge in [0.25, 0.3) is 0 Å². The molecule has 0 atom stereocenters. The minimum absolute atomic E-state index is 0.00598. The molecule has 25 heavy (non-hydrogen) atoms. The van der Waals surface area contributed by atoms with E-state index in [1.165, 1.54) is 32.2 Å². The summed E-state index contributed by atoms with van der Waals surface area (Å²) < 4.78 is 24.4. The number of para-hydroxylation sites is 2. The number of amides is 2. The Morgan fingerprint density at radius 3 is 2.48 bits per heavy atom. The van der Waals surface area contributed by atoms with Crippen molar-refractivity contribution in [2.24, 2.45) is 0 Å². The highest BCUT2D eigenvalue weighted by atomic mass is 19.1. The van der Waals surface area contributed by atoms with E-state index in [9.17, 15) is 14.0 Å². The topological polar surface area (TPSA) is 76.7 Å². The maximum Gasteiger partial charge on any atom is 0.227 e. The summed E-state index contributed by atoms with van der Waals surface area (Å²) in [5.74, 6) is -0.190. The lowest BCUT2D eigenvalue weighted by atomic mass is 10.2. The summed E-state index contributed by atoms with van der Waals surface area (Å²) in [6.07, 6.45) is 0.0296. The molecule has 0 aliphatic heterocycles. The molecule has 7 heteroatoms. The van der Waals surface area contributed by atoms with Crippen molar-refractivity contribution in [1.82, 2.24) is 0 Å². The zero-order chi connectivity index (χ0) is 18.2. The third-order valence-electron chi connectivity index (χ3n) is 3.22. The monoisotopic (exact) mass is 346 g/mol. The third kappa shape index (κ3) is 5.49. The van der Waals surface area contributed by atoms with E-state index in [0.717, 1.165) is 0 Å². The lowest BCUT2D eigenvalue weighted by molar-refractivity contribution is -0.116. The van der Waals surface area contributed by atoms with Crippen molar-refractivity contribution < 1.29 is 23.5 Å². The normalized spacial score (nSPS) is 10.0. The van der Waals surface area contributed by atoms with Crippen molar-refractivity contribution in [2.45, 2.75) is 13.3 Å². The van der Waals surface area contributed by atoms with Gasteiger partial charge < -0.3 is 20.1 Å². The quantitative estimate of drug-likeness (QED) is 0.807. The van der Waals surface area contributed by atoms with Crippen LogP contribution in [0.15, 0.2) is 42.5 Å². The van der Waals surface area contributed by atoms with E-state index < -0.39 is 11.7 Å². The van der Waals surface area contributed by atoms with Gasteiger partial charge in [-0.1, -0.05) is 12.1 Å². The largest absolute Gasteiger partial charge is 0.493 e. The van der Waals surface area contributed by atoms with E-state index in [-0.39, 0.29) is 24.6 Å². The number of rotatable bonds is 7. The van der Waals surface area contributed by atoms with Crippen molar-refractivity contribution >= 4 is 23.2 Å². The van der Waals surface area contributed by atoms with Gasteiger partial charge in [-0.2, -0.15) is 0 Å². The molecule has 0 saturated heterocycles. The fourth-order valence-electron chi connectivity index (χ4n) is 2.11. The first-order valence-electron chi connectivity index (χ1n) is 7.62. The maximum absolute atomic E-state index is 13.8. The number of nitrogens with one attached hydrogen (secondary N) is 2. The Kier molecular flexibility index (Phi) is 6.33. The average Bonchev–Trinajstić information content (AvgIpc) is 2.58. The molecule has 0 bridgehead atoms. The lowest BCUT2D eigenvalue weighted by Gasteiger charge is -2.11. The second-order valence-corrected chi connectivity index (χ2v) is 5.17. The predicted octanol–water partition coefficient (Wildman–Crippen LogP) is 3.20. The van der Waals surface area contributed by atoms with Gasteiger partial charge in [-0.15, -0.1) is 0 Å². The van der Waals surface area contributed by atoms with Crippen molar-refractivity contribution in [3.8, 4) is 11.5 Å². The molecule has 2 amide bonds. The molecule has 2 aromatic carbocycles. The van der Waals surface area contributed by atoms with Crippen LogP contribution in [0.3, 0.4) is 0 Å². The second-order valence-electron chi connectivity index (χ2n) is 5.17. The minimum atomic E-state index is -0.590. The van der Waals surface area contributed by atoms with E-state index in [2.05, 4.69) is 10.6 Å². The van der Waals surface area contributed by atoms with Crippen LogP contribution in [0.5, 0.6) is 11.5 Å². The summed E-state index contributed by atoms with van der Waals surface area (Å²) in [6.45, 7) is 1.45. The molecule has 0 spiro atoms. The number of methoxy groups -OCH3 is 1. The molecule has 2 N–H and O–H groups in total. The third-order valence-corrected chi connectivity index (χ3v) is 3.22. The fourth-order valence-corrected chi connectivity index (χ4v) is 2.11. The number of carbonyl (C=O) groups is 2. The highest BCUT2D eigenvalue weighted by Crippen LogP contribution is 2.26. The smallest absolute Gasteiger partial charge is 0.227 e. The average molecular weight is 346 g/mol. The van der Waals surface area contributed by atoms with Crippen LogP contribution >= 0.6 is 0 Å². The Balaban J connectivity index is 1.91. The highest BCUT2D eigenvalue weighted by molar-refractivity contribution is 5.93. The summed E-state index contributed by atoms with van der Waals surface area (Å²) in [5, 5.41) is 4.99. The van der Waals surface area contributed by atoms with Crippen LogP contribution in [0, 0.1) is 5.82 Å². The summed E-state index contributed by atoms with van der Waals surface area (Å²) >= 11 is 0. The van der Waals surface area contributed by atoms with Crippen molar-refractivity contribution in [2.75, 3.05) is 24.4 Å². The lowest BCUT2D eigenvalue weighted by Crippen LogP contribution is -2.16. The predicted molar refractivity (Wildman–Crippen MR) is 92.4 cm³/mol. The molecular weight excluding hydrogens is 327 g/mol. The van der Waals surface area contributed by atoms with Crippen LogP contribution in [-0.2, 0) is 9.59 Å². The van der Waals surface area contributed by atoms with Crippen molar-refractivity contribution in [3.05, 3.63) is 48.3 Å². The van der Waals surface area contributed by atoms with Gasteiger partial charge in [0.1, 0.15) is 5.82 Å². The van der Waals surface area contributed by atoms with E-state index in [4.69, 9.17) is 9.47 Å². The summed E-state index contributed by atoms with van der Waals surface area (Å²) in [7, 11) is 1.53. The first-order chi connectivity index (χ1) is 12.0. The minimum Gasteiger partial charge on any atom is -0.493 e.